The van der Waals surface area contributed by atoms with Crippen molar-refractivity contribution in [1.82, 2.24) is 9.88 Å². The van der Waals surface area contributed by atoms with E-state index in [-0.39, 0.29) is 18.0 Å². The van der Waals surface area contributed by atoms with Crippen LogP contribution in [-0.2, 0) is 0 Å². The molecule has 0 fully saturated rings. The largest absolute Gasteiger partial charge is 0.460 e. The molecule has 5 aromatic carbocycles. The molecule has 0 bridgehead atoms. The minimum Gasteiger partial charge on any atom is -0.460 e. The number of aromatic nitrogens is 1. The maximum Gasteiger partial charge on any atom is 0.154 e. The van der Waals surface area contributed by atoms with E-state index in [1.54, 1.807) is 0 Å². The maximum atomic E-state index is 6.55. The molecule has 2 aliphatic rings. The number of hydrogen-bond donors (Lipinski definition) is 1. The second-order valence-electron chi connectivity index (χ2n) is 11.9. The number of allylic oxidation sites excluding steroid dienone is 1. The van der Waals surface area contributed by atoms with E-state index in [2.05, 4.69) is 126 Å². The van der Waals surface area contributed by atoms with Crippen LogP contribution in [0, 0.1) is 5.92 Å². The van der Waals surface area contributed by atoms with Crippen LogP contribution in [0.4, 0.5) is 0 Å². The van der Waals surface area contributed by atoms with E-state index in [4.69, 9.17) is 14.4 Å². The summed E-state index contributed by atoms with van der Waals surface area (Å²) in [5.41, 5.74) is 7.57. The van der Waals surface area contributed by atoms with Crippen molar-refractivity contribution in [3.05, 3.63) is 156 Å². The molecule has 0 saturated carbocycles. The van der Waals surface area contributed by atoms with Gasteiger partial charge in [-0.3, -0.25) is 0 Å². The van der Waals surface area contributed by atoms with Crippen molar-refractivity contribution in [2.45, 2.75) is 19.0 Å². The van der Waals surface area contributed by atoms with Gasteiger partial charge in [-0.05, 0) is 48.4 Å². The van der Waals surface area contributed by atoms with Crippen LogP contribution in [0.1, 0.15) is 35.3 Å². The molecule has 2 aromatic heterocycles. The average Bonchev–Trinajstić information content (AvgIpc) is 3.64. The molecular weight excluding hydrogens is 552 g/mol. The first kappa shape index (κ1) is 25.8. The van der Waals surface area contributed by atoms with Gasteiger partial charge in [-0.15, -0.1) is 0 Å². The highest BCUT2D eigenvalue weighted by Gasteiger charge is 2.37. The fourth-order valence-electron chi connectivity index (χ4n) is 7.01. The van der Waals surface area contributed by atoms with Gasteiger partial charge in [-0.1, -0.05) is 104 Å². The molecule has 5 heteroatoms. The SMILES string of the molecule is CC1C=Cc2c(oc3ccccc23)C1C1N=C(c2ccccc2)NC(c2ccc3c(c2)c2ccccc2n3-c2ccccc2)=N1. The predicted molar refractivity (Wildman–Crippen MR) is 184 cm³/mol. The summed E-state index contributed by atoms with van der Waals surface area (Å²) >= 11 is 0. The second-order valence-corrected chi connectivity index (χ2v) is 11.9. The van der Waals surface area contributed by atoms with Crippen LogP contribution in [-0.4, -0.2) is 22.4 Å². The smallest absolute Gasteiger partial charge is 0.154 e. The first-order valence-corrected chi connectivity index (χ1v) is 15.5. The molecule has 7 aromatic rings. The lowest BCUT2D eigenvalue weighted by atomic mass is 9.82. The molecule has 3 unspecified atom stereocenters. The van der Waals surface area contributed by atoms with Crippen molar-refractivity contribution in [3.8, 4) is 5.69 Å². The van der Waals surface area contributed by atoms with Crippen LogP contribution in [0.5, 0.6) is 0 Å². The molecule has 1 N–H and O–H groups in total. The summed E-state index contributed by atoms with van der Waals surface area (Å²) in [6, 6.07) is 44.4. The summed E-state index contributed by atoms with van der Waals surface area (Å²) in [6.45, 7) is 2.23. The molecule has 0 saturated heterocycles. The number of amidine groups is 2. The van der Waals surface area contributed by atoms with Crippen LogP contribution in [0.3, 0.4) is 0 Å². The molecule has 0 radical (unpaired) electrons. The third-order valence-corrected chi connectivity index (χ3v) is 9.19. The van der Waals surface area contributed by atoms with Crippen molar-refractivity contribution >= 4 is 50.5 Å². The monoisotopic (exact) mass is 582 g/mol. The average molecular weight is 583 g/mol. The van der Waals surface area contributed by atoms with Gasteiger partial charge in [0.25, 0.3) is 0 Å². The highest BCUT2D eigenvalue weighted by Crippen LogP contribution is 2.43. The molecular formula is C40H30N4O. The molecule has 9 rings (SSSR count). The highest BCUT2D eigenvalue weighted by molar-refractivity contribution is 6.18. The van der Waals surface area contributed by atoms with E-state index in [1.165, 1.54) is 16.3 Å². The topological polar surface area (TPSA) is 54.8 Å². The van der Waals surface area contributed by atoms with Crippen LogP contribution in [0.25, 0.3) is 44.5 Å². The van der Waals surface area contributed by atoms with Gasteiger partial charge in [0.1, 0.15) is 23.0 Å². The number of fused-ring (bicyclic) bond motifs is 6. The van der Waals surface area contributed by atoms with E-state index in [0.717, 1.165) is 56.3 Å². The van der Waals surface area contributed by atoms with Crippen LogP contribution < -0.4 is 5.32 Å². The Morgan fingerprint density at radius 2 is 1.31 bits per heavy atom. The van der Waals surface area contributed by atoms with Gasteiger partial charge in [0.2, 0.25) is 0 Å². The fraction of sp³-hybridized carbons (Fsp3) is 0.100. The summed E-state index contributed by atoms with van der Waals surface area (Å²) in [6.07, 6.45) is 4.11. The summed E-state index contributed by atoms with van der Waals surface area (Å²) in [7, 11) is 0. The van der Waals surface area contributed by atoms with Crippen molar-refractivity contribution in [1.29, 1.82) is 0 Å². The van der Waals surface area contributed by atoms with Crippen molar-refractivity contribution < 1.29 is 4.42 Å². The van der Waals surface area contributed by atoms with Crippen molar-refractivity contribution in [2.75, 3.05) is 0 Å². The summed E-state index contributed by atoms with van der Waals surface area (Å²) in [4.78, 5) is 10.6. The lowest BCUT2D eigenvalue weighted by molar-refractivity contribution is 0.379. The molecule has 216 valence electrons. The maximum absolute atomic E-state index is 6.55. The highest BCUT2D eigenvalue weighted by atomic mass is 16.3. The van der Waals surface area contributed by atoms with Gasteiger partial charge in [-0.25, -0.2) is 9.98 Å². The molecule has 0 spiro atoms. The molecule has 1 aliphatic carbocycles. The fourth-order valence-corrected chi connectivity index (χ4v) is 7.01. The normalized spacial score (nSPS) is 19.4. The lowest BCUT2D eigenvalue weighted by Crippen LogP contribution is -2.40. The Hall–Kier alpha value is -5.68. The predicted octanol–water partition coefficient (Wildman–Crippen LogP) is 9.10. The minimum atomic E-state index is -0.364. The van der Waals surface area contributed by atoms with E-state index in [1.807, 2.05) is 30.3 Å². The molecule has 3 atom stereocenters. The number of nitrogens with zero attached hydrogens (tertiary/aromatic N) is 3. The van der Waals surface area contributed by atoms with Crippen molar-refractivity contribution in [3.63, 3.8) is 0 Å². The van der Waals surface area contributed by atoms with Crippen LogP contribution >= 0.6 is 0 Å². The molecule has 1 aliphatic heterocycles. The van der Waals surface area contributed by atoms with Crippen molar-refractivity contribution in [2.24, 2.45) is 15.9 Å². The Morgan fingerprint density at radius 3 is 2.13 bits per heavy atom. The summed E-state index contributed by atoms with van der Waals surface area (Å²) < 4.78 is 8.88. The van der Waals surface area contributed by atoms with E-state index in [0.29, 0.717) is 0 Å². The van der Waals surface area contributed by atoms with Gasteiger partial charge in [0.05, 0.1) is 17.0 Å². The van der Waals surface area contributed by atoms with Gasteiger partial charge in [0, 0.05) is 38.5 Å². The Morgan fingerprint density at radius 1 is 0.644 bits per heavy atom. The second kappa shape index (κ2) is 10.2. The molecule has 3 heterocycles. The summed E-state index contributed by atoms with van der Waals surface area (Å²) in [5.74, 6) is 2.73. The Balaban J connectivity index is 1.22. The number of nitrogens with one attached hydrogen (secondary N) is 1. The molecule has 0 amide bonds. The zero-order valence-electron chi connectivity index (χ0n) is 24.8. The van der Waals surface area contributed by atoms with Gasteiger partial charge in [0.15, 0.2) is 6.17 Å². The number of aliphatic imine (C=N–C) groups is 2. The van der Waals surface area contributed by atoms with Gasteiger partial charge in [-0.2, -0.15) is 0 Å². The van der Waals surface area contributed by atoms with E-state index in [9.17, 15) is 0 Å². The Kier molecular flexibility index (Phi) is 5.85. The van der Waals surface area contributed by atoms with E-state index >= 15 is 0 Å². The lowest BCUT2D eigenvalue weighted by Gasteiger charge is -2.31. The first-order valence-electron chi connectivity index (χ1n) is 15.5. The third-order valence-electron chi connectivity index (χ3n) is 9.19. The van der Waals surface area contributed by atoms with Gasteiger partial charge >= 0.3 is 0 Å². The minimum absolute atomic E-state index is 0.0445. The number of hydrogen-bond acceptors (Lipinski definition) is 4. The number of furan rings is 1. The zero-order chi connectivity index (χ0) is 29.9. The van der Waals surface area contributed by atoms with Gasteiger partial charge < -0.3 is 14.3 Å². The first-order chi connectivity index (χ1) is 22.2. The van der Waals surface area contributed by atoms with E-state index < -0.39 is 0 Å². The number of para-hydroxylation sites is 3. The number of rotatable bonds is 4. The third kappa shape index (κ3) is 4.15. The number of benzene rings is 5. The molecule has 45 heavy (non-hydrogen) atoms. The van der Waals surface area contributed by atoms with Crippen LogP contribution in [0.15, 0.2) is 148 Å². The van der Waals surface area contributed by atoms with Crippen LogP contribution in [0.2, 0.25) is 0 Å². The summed E-state index contributed by atoms with van der Waals surface area (Å²) in [5, 5.41) is 7.14. The quantitative estimate of drug-likeness (QED) is 0.225. The zero-order valence-corrected chi connectivity index (χ0v) is 24.8. The molecule has 5 nitrogen and oxygen atoms in total. The Bertz CT molecular complexity index is 2320. The standard InChI is InChI=1S/C40H30N4O/c1-25-20-22-31-30-17-9-11-19-35(30)45-37(31)36(25)40-42-38(26-12-4-2-5-13-26)41-39(43-40)27-21-23-34-32(24-27)29-16-8-10-18-33(29)44(34)28-14-6-3-7-15-28/h2-25,36,40H,1H3,(H,41,42,43). The Labute approximate surface area is 260 Å².